The average Bonchev–Trinajstić information content (AvgIpc) is 3.33. The third kappa shape index (κ3) is 3.44. The van der Waals surface area contributed by atoms with E-state index in [0.717, 1.165) is 33.8 Å². The van der Waals surface area contributed by atoms with Gasteiger partial charge in [0.15, 0.2) is 5.65 Å². The quantitative estimate of drug-likeness (QED) is 0.324. The second-order valence-electron chi connectivity index (χ2n) is 6.56. The van der Waals surface area contributed by atoms with Gasteiger partial charge in [-0.05, 0) is 29.8 Å². The number of H-pyrrole nitrogens is 1. The minimum atomic E-state index is 0.642. The first-order valence-electron chi connectivity index (χ1n) is 9.17. The molecule has 0 amide bonds. The lowest BCUT2D eigenvalue weighted by Crippen LogP contribution is -1.85. The maximum atomic E-state index is 5.96. The molecule has 0 unspecified atom stereocenters. The van der Waals surface area contributed by atoms with Crippen molar-refractivity contribution in [2.24, 2.45) is 10.2 Å². The highest BCUT2D eigenvalue weighted by Gasteiger charge is 2.16. The highest BCUT2D eigenvalue weighted by Crippen LogP contribution is 2.33. The Labute approximate surface area is 172 Å². The molecule has 0 radical (unpaired) electrons. The summed E-state index contributed by atoms with van der Waals surface area (Å²) >= 11 is 5.96. The Balaban J connectivity index is 1.65. The van der Waals surface area contributed by atoms with Crippen molar-refractivity contribution in [3.63, 3.8) is 0 Å². The Hall–Kier alpha value is -3.70. The van der Waals surface area contributed by atoms with Crippen LogP contribution in [-0.4, -0.2) is 14.6 Å². The van der Waals surface area contributed by atoms with E-state index in [1.54, 1.807) is 12.1 Å². The summed E-state index contributed by atoms with van der Waals surface area (Å²) in [5.74, 6) is 0.642. The second-order valence-corrected chi connectivity index (χ2v) is 6.99. The van der Waals surface area contributed by atoms with E-state index < -0.39 is 0 Å². The topological polar surface area (TPSA) is 57.8 Å². The minimum absolute atomic E-state index is 0.642. The van der Waals surface area contributed by atoms with E-state index in [2.05, 4.69) is 27.5 Å². The van der Waals surface area contributed by atoms with Crippen molar-refractivity contribution in [2.75, 3.05) is 0 Å². The second kappa shape index (κ2) is 7.37. The lowest BCUT2D eigenvalue weighted by atomic mass is 10.1. The van der Waals surface area contributed by atoms with E-state index in [1.807, 2.05) is 71.2 Å². The van der Waals surface area contributed by atoms with Gasteiger partial charge in [-0.3, -0.25) is 5.10 Å². The van der Waals surface area contributed by atoms with E-state index in [9.17, 15) is 0 Å². The van der Waals surface area contributed by atoms with Gasteiger partial charge in [-0.15, -0.1) is 10.2 Å². The normalized spacial score (nSPS) is 11.5. The number of imidazole rings is 1. The third-order valence-electron chi connectivity index (χ3n) is 4.60. The highest BCUT2D eigenvalue weighted by atomic mass is 35.5. The number of hydrogen-bond acceptors (Lipinski definition) is 3. The van der Waals surface area contributed by atoms with Crippen molar-refractivity contribution in [2.45, 2.75) is 0 Å². The summed E-state index contributed by atoms with van der Waals surface area (Å²) < 4.78 is 1.87. The van der Waals surface area contributed by atoms with Crippen molar-refractivity contribution in [1.29, 1.82) is 0 Å². The Morgan fingerprint density at radius 2 is 1.41 bits per heavy atom. The largest absolute Gasteiger partial charge is 0.290 e. The predicted molar refractivity (Wildman–Crippen MR) is 116 cm³/mol. The van der Waals surface area contributed by atoms with Gasteiger partial charge in [0.25, 0.3) is 0 Å². The van der Waals surface area contributed by atoms with E-state index in [-0.39, 0.29) is 0 Å². The fraction of sp³-hybridized carbons (Fsp3) is 0. The first kappa shape index (κ1) is 17.4. The van der Waals surface area contributed by atoms with Crippen LogP contribution in [0, 0.1) is 0 Å². The summed E-state index contributed by atoms with van der Waals surface area (Å²) in [4.78, 5) is 4.81. The molecule has 140 valence electrons. The van der Waals surface area contributed by atoms with E-state index in [0.29, 0.717) is 10.8 Å². The van der Waals surface area contributed by atoms with Crippen LogP contribution in [-0.2, 0) is 0 Å². The van der Waals surface area contributed by atoms with Crippen molar-refractivity contribution >= 4 is 28.8 Å². The third-order valence-corrected chi connectivity index (χ3v) is 4.86. The van der Waals surface area contributed by atoms with Crippen molar-refractivity contribution in [3.05, 3.63) is 96.0 Å². The Bertz CT molecular complexity index is 1290. The first-order chi connectivity index (χ1) is 14.3. The van der Waals surface area contributed by atoms with Gasteiger partial charge in [0.05, 0.1) is 11.4 Å². The molecule has 3 aromatic carbocycles. The standard InChI is InChI=1S/C23H16ClN5/c24-18-11-13-19(14-12-18)26-27-23-22(17-9-5-2-6-10-17)25-21-15-20(28-29(21)23)16-7-3-1-4-8-16/h1-15,28H. The van der Waals surface area contributed by atoms with Crippen molar-refractivity contribution < 1.29 is 0 Å². The summed E-state index contributed by atoms with van der Waals surface area (Å²) in [6, 6.07) is 29.4. The van der Waals surface area contributed by atoms with E-state index in [4.69, 9.17) is 16.6 Å². The maximum absolute atomic E-state index is 5.96. The van der Waals surface area contributed by atoms with Crippen molar-refractivity contribution in [1.82, 2.24) is 14.6 Å². The van der Waals surface area contributed by atoms with Gasteiger partial charge in [-0.25, -0.2) is 9.50 Å². The van der Waals surface area contributed by atoms with E-state index in [1.165, 1.54) is 0 Å². The van der Waals surface area contributed by atoms with E-state index >= 15 is 0 Å². The molecule has 2 heterocycles. The number of nitrogens with zero attached hydrogens (tertiary/aromatic N) is 4. The molecule has 6 heteroatoms. The summed E-state index contributed by atoms with van der Waals surface area (Å²) in [5.41, 5.74) is 5.31. The molecule has 0 fully saturated rings. The Kier molecular flexibility index (Phi) is 4.42. The molecule has 2 aromatic heterocycles. The molecule has 1 N–H and O–H groups in total. The van der Waals surface area contributed by atoms with Crippen LogP contribution >= 0.6 is 11.6 Å². The summed E-state index contributed by atoms with van der Waals surface area (Å²) in [6.07, 6.45) is 0. The molecule has 5 rings (SSSR count). The number of aromatic amines is 1. The molecule has 0 saturated heterocycles. The zero-order chi connectivity index (χ0) is 19.6. The molecule has 5 nitrogen and oxygen atoms in total. The molecule has 0 spiro atoms. The monoisotopic (exact) mass is 397 g/mol. The van der Waals surface area contributed by atoms with Gasteiger partial charge >= 0.3 is 0 Å². The lowest BCUT2D eigenvalue weighted by Gasteiger charge is -2.00. The zero-order valence-electron chi connectivity index (χ0n) is 15.3. The first-order valence-corrected chi connectivity index (χ1v) is 9.55. The highest BCUT2D eigenvalue weighted by molar-refractivity contribution is 6.30. The SMILES string of the molecule is Clc1ccc(N=Nc2c(-c3ccccc3)nc3cc(-c4ccccc4)[nH]n23)cc1. The summed E-state index contributed by atoms with van der Waals surface area (Å²) in [7, 11) is 0. The van der Waals surface area contributed by atoms with Gasteiger partial charge in [0, 0.05) is 16.7 Å². The number of nitrogens with one attached hydrogen (secondary N) is 1. The number of fused-ring (bicyclic) bond motifs is 1. The number of rotatable bonds is 4. The molecular formula is C23H16ClN5. The molecule has 0 aliphatic rings. The number of halogens is 1. The zero-order valence-corrected chi connectivity index (χ0v) is 16.1. The lowest BCUT2D eigenvalue weighted by molar-refractivity contribution is 0.957. The minimum Gasteiger partial charge on any atom is -0.290 e. The molecular weight excluding hydrogens is 382 g/mol. The Morgan fingerprint density at radius 3 is 2.10 bits per heavy atom. The summed E-state index contributed by atoms with van der Waals surface area (Å²) in [5, 5.41) is 13.0. The molecule has 0 atom stereocenters. The van der Waals surface area contributed by atoms with Crippen LogP contribution in [0.4, 0.5) is 11.5 Å². The van der Waals surface area contributed by atoms with Crippen LogP contribution in [0.25, 0.3) is 28.2 Å². The smallest absolute Gasteiger partial charge is 0.202 e. The van der Waals surface area contributed by atoms with Crippen LogP contribution in [0.5, 0.6) is 0 Å². The molecule has 0 bridgehead atoms. The number of aromatic nitrogens is 3. The predicted octanol–water partition coefficient (Wildman–Crippen LogP) is 7.07. The van der Waals surface area contributed by atoms with Crippen LogP contribution in [0.15, 0.2) is 101 Å². The van der Waals surface area contributed by atoms with Crippen molar-refractivity contribution in [3.8, 4) is 22.5 Å². The maximum Gasteiger partial charge on any atom is 0.202 e. The molecule has 0 aliphatic carbocycles. The fourth-order valence-electron chi connectivity index (χ4n) is 3.18. The number of benzene rings is 3. The average molecular weight is 398 g/mol. The molecule has 5 aromatic rings. The van der Waals surface area contributed by atoms with Crippen LogP contribution in [0.1, 0.15) is 0 Å². The Morgan fingerprint density at radius 1 is 0.759 bits per heavy atom. The number of azo groups is 1. The van der Waals surface area contributed by atoms with Gasteiger partial charge in [0.2, 0.25) is 5.82 Å². The molecule has 29 heavy (non-hydrogen) atoms. The fourth-order valence-corrected chi connectivity index (χ4v) is 3.30. The van der Waals surface area contributed by atoms with Gasteiger partial charge in [-0.1, -0.05) is 72.3 Å². The summed E-state index contributed by atoms with van der Waals surface area (Å²) in [6.45, 7) is 0. The van der Waals surface area contributed by atoms with Crippen LogP contribution in [0.3, 0.4) is 0 Å². The van der Waals surface area contributed by atoms with Crippen LogP contribution < -0.4 is 0 Å². The molecule has 0 saturated carbocycles. The van der Waals surface area contributed by atoms with Gasteiger partial charge in [0.1, 0.15) is 5.69 Å². The number of hydrogen-bond donors (Lipinski definition) is 1. The van der Waals surface area contributed by atoms with Gasteiger partial charge in [-0.2, -0.15) is 0 Å². The molecule has 0 aliphatic heterocycles. The van der Waals surface area contributed by atoms with Gasteiger partial charge < -0.3 is 0 Å². The van der Waals surface area contributed by atoms with Crippen LogP contribution in [0.2, 0.25) is 5.02 Å².